The Balaban J connectivity index is 1.34. The Morgan fingerprint density at radius 3 is 2.68 bits per heavy atom. The van der Waals surface area contributed by atoms with E-state index in [9.17, 15) is 13.6 Å². The Hall–Kier alpha value is -3.36. The highest BCUT2D eigenvalue weighted by Crippen LogP contribution is 2.31. The average Bonchev–Trinajstić information content (AvgIpc) is 2.92. The number of halogens is 2. The molecule has 0 aliphatic heterocycles. The molecule has 1 aliphatic carbocycles. The van der Waals surface area contributed by atoms with Crippen molar-refractivity contribution in [2.45, 2.75) is 44.2 Å². The van der Waals surface area contributed by atoms with Gasteiger partial charge in [0.2, 0.25) is 5.88 Å². The van der Waals surface area contributed by atoms with Gasteiger partial charge < -0.3 is 20.5 Å². The van der Waals surface area contributed by atoms with Gasteiger partial charge in [0, 0.05) is 35.1 Å². The molecule has 1 aromatic heterocycles. The van der Waals surface area contributed by atoms with E-state index in [0.717, 1.165) is 48.8 Å². The monoisotopic (exact) mass is 509 g/mol. The van der Waals surface area contributed by atoms with Crippen LogP contribution in [-0.2, 0) is 11.2 Å². The van der Waals surface area contributed by atoms with E-state index in [1.807, 2.05) is 18.2 Å². The van der Waals surface area contributed by atoms with Crippen molar-refractivity contribution in [1.29, 1.82) is 0 Å². The van der Waals surface area contributed by atoms with Gasteiger partial charge in [-0.1, -0.05) is 18.2 Å². The number of hydrogen-bond donors (Lipinski definition) is 2. The first-order chi connectivity index (χ1) is 17.9. The van der Waals surface area contributed by atoms with Crippen LogP contribution < -0.4 is 15.8 Å². The van der Waals surface area contributed by atoms with E-state index >= 15 is 0 Å². The minimum atomic E-state index is -0.454. The van der Waals surface area contributed by atoms with E-state index in [1.165, 1.54) is 13.2 Å². The molecule has 8 heteroatoms. The third kappa shape index (κ3) is 6.50. The maximum absolute atomic E-state index is 13.7. The number of aromatic nitrogens is 1. The zero-order chi connectivity index (χ0) is 26.4. The second-order valence-corrected chi connectivity index (χ2v) is 9.48. The van der Waals surface area contributed by atoms with Gasteiger partial charge >= 0.3 is 5.97 Å². The lowest BCUT2D eigenvalue weighted by Crippen LogP contribution is -2.39. The van der Waals surface area contributed by atoms with Crippen molar-refractivity contribution in [3.05, 3.63) is 76.9 Å². The predicted octanol–water partition coefficient (Wildman–Crippen LogP) is 5.04. The topological polar surface area (TPSA) is 86.5 Å². The van der Waals surface area contributed by atoms with Gasteiger partial charge in [-0.25, -0.2) is 18.6 Å². The lowest BCUT2D eigenvalue weighted by molar-refractivity contribution is 0.0603. The van der Waals surface area contributed by atoms with Crippen LogP contribution in [0.4, 0.5) is 8.78 Å². The van der Waals surface area contributed by atoms with E-state index in [-0.39, 0.29) is 11.6 Å². The summed E-state index contributed by atoms with van der Waals surface area (Å²) in [6, 6.07) is 11.0. The fourth-order valence-corrected chi connectivity index (χ4v) is 5.07. The van der Waals surface area contributed by atoms with Crippen molar-refractivity contribution >= 4 is 22.9 Å². The van der Waals surface area contributed by atoms with Crippen LogP contribution in [0, 0.1) is 17.6 Å². The highest BCUT2D eigenvalue weighted by Gasteiger charge is 2.26. The lowest BCUT2D eigenvalue weighted by Gasteiger charge is -2.32. The average molecular weight is 510 g/mol. The smallest absolute Gasteiger partial charge is 0.338 e. The van der Waals surface area contributed by atoms with Gasteiger partial charge in [-0.2, -0.15) is 0 Å². The third-order valence-corrected chi connectivity index (χ3v) is 7.11. The summed E-state index contributed by atoms with van der Waals surface area (Å²) in [6.45, 7) is 0.583. The molecule has 0 radical (unpaired) electrons. The summed E-state index contributed by atoms with van der Waals surface area (Å²) in [6.07, 6.45) is 7.95. The summed E-state index contributed by atoms with van der Waals surface area (Å²) in [5.41, 5.74) is 8.90. The quantitative estimate of drug-likeness (QED) is 0.393. The van der Waals surface area contributed by atoms with E-state index in [2.05, 4.69) is 10.3 Å². The van der Waals surface area contributed by atoms with Crippen molar-refractivity contribution < 1.29 is 23.0 Å². The maximum atomic E-state index is 13.7. The largest absolute Gasteiger partial charge is 0.481 e. The predicted molar refractivity (Wildman–Crippen MR) is 140 cm³/mol. The number of pyridine rings is 1. The van der Waals surface area contributed by atoms with Crippen LogP contribution in [0.5, 0.6) is 5.88 Å². The number of nitrogens with two attached hydrogens (primary N) is 1. The fourth-order valence-electron chi connectivity index (χ4n) is 5.07. The van der Waals surface area contributed by atoms with Crippen LogP contribution in [0.15, 0.2) is 48.5 Å². The maximum Gasteiger partial charge on any atom is 0.338 e. The van der Waals surface area contributed by atoms with Crippen LogP contribution >= 0.6 is 0 Å². The van der Waals surface area contributed by atoms with E-state index < -0.39 is 17.6 Å². The molecule has 2 aromatic carbocycles. The summed E-state index contributed by atoms with van der Waals surface area (Å²) in [5, 5.41) is 4.20. The molecular formula is C29H33F2N3O3. The first-order valence-corrected chi connectivity index (χ1v) is 12.5. The molecule has 1 heterocycles. The number of fused-ring (bicyclic) bond motifs is 1. The molecule has 1 fully saturated rings. The van der Waals surface area contributed by atoms with Crippen LogP contribution in [0.3, 0.4) is 0 Å². The number of nitrogens with one attached hydrogen (secondary N) is 1. The van der Waals surface area contributed by atoms with E-state index in [0.29, 0.717) is 41.9 Å². The fraction of sp³-hybridized carbons (Fsp3) is 0.379. The van der Waals surface area contributed by atoms with Crippen molar-refractivity contribution in [1.82, 2.24) is 10.3 Å². The number of hydrogen-bond acceptors (Lipinski definition) is 6. The molecule has 0 unspecified atom stereocenters. The number of carbonyl (C=O) groups excluding carboxylic acids is 1. The summed E-state index contributed by atoms with van der Waals surface area (Å²) in [7, 11) is 2.95. The highest BCUT2D eigenvalue weighted by atomic mass is 19.1. The zero-order valence-electron chi connectivity index (χ0n) is 21.2. The molecule has 4 rings (SSSR count). The summed E-state index contributed by atoms with van der Waals surface area (Å²) < 4.78 is 37.5. The van der Waals surface area contributed by atoms with E-state index in [1.54, 1.807) is 25.3 Å². The second kappa shape index (κ2) is 12.3. The number of nitrogens with zero attached hydrogens (tertiary/aromatic N) is 1. The number of ether oxygens (including phenoxy) is 2. The standard InChI is InChI=1S/C29H33F2N3O3/c1-36-28-20(16-24-23(29(35)37-2)6-3-7-27(24)34-28)17-26(32)18-8-11-22(12-9-18)33-14-4-5-19-15-21(30)10-13-25(19)31/h3-7,10,13,15-16,18,22,26,33H,8-9,11-12,14,17,32H2,1-2H3/b5-4+/t18?,22?,26-/m1/s1. The molecule has 0 spiro atoms. The number of rotatable bonds is 9. The van der Waals surface area contributed by atoms with Crippen molar-refractivity contribution in [3.63, 3.8) is 0 Å². The zero-order valence-corrected chi connectivity index (χ0v) is 21.2. The molecule has 196 valence electrons. The number of benzene rings is 2. The van der Waals surface area contributed by atoms with Crippen LogP contribution in [0.25, 0.3) is 17.0 Å². The van der Waals surface area contributed by atoms with Gasteiger partial charge in [-0.05, 0) is 74.4 Å². The van der Waals surface area contributed by atoms with Gasteiger partial charge in [-0.15, -0.1) is 0 Å². The lowest BCUT2D eigenvalue weighted by atomic mass is 9.80. The Kier molecular flexibility index (Phi) is 8.84. The van der Waals surface area contributed by atoms with Crippen molar-refractivity contribution in [2.24, 2.45) is 11.7 Å². The number of methoxy groups -OCH3 is 2. The number of esters is 1. The molecular weight excluding hydrogens is 476 g/mol. The van der Waals surface area contributed by atoms with Gasteiger partial charge in [0.05, 0.1) is 25.3 Å². The summed E-state index contributed by atoms with van der Waals surface area (Å²) in [4.78, 5) is 16.8. The van der Waals surface area contributed by atoms with Gasteiger partial charge in [0.15, 0.2) is 0 Å². The molecule has 0 amide bonds. The highest BCUT2D eigenvalue weighted by molar-refractivity contribution is 6.03. The van der Waals surface area contributed by atoms with Gasteiger partial charge in [-0.3, -0.25) is 0 Å². The SMILES string of the molecule is COC(=O)c1cccc2nc(OC)c(C[C@@H](N)C3CCC(NC/C=C/c4cc(F)ccc4F)CC3)cc12. The molecule has 1 saturated carbocycles. The normalized spacial score (nSPS) is 18.7. The Bertz CT molecular complexity index is 1270. The third-order valence-electron chi connectivity index (χ3n) is 7.11. The molecule has 37 heavy (non-hydrogen) atoms. The van der Waals surface area contributed by atoms with Crippen LogP contribution in [0.2, 0.25) is 0 Å². The van der Waals surface area contributed by atoms with Gasteiger partial charge in [0.1, 0.15) is 11.6 Å². The minimum absolute atomic E-state index is 0.0739. The van der Waals surface area contributed by atoms with Crippen LogP contribution in [-0.4, -0.2) is 43.8 Å². The van der Waals surface area contributed by atoms with E-state index in [4.69, 9.17) is 15.2 Å². The molecule has 6 nitrogen and oxygen atoms in total. The Morgan fingerprint density at radius 1 is 1.16 bits per heavy atom. The number of carbonyl (C=O) groups is 1. The Labute approximate surface area is 215 Å². The van der Waals surface area contributed by atoms with Crippen LogP contribution in [0.1, 0.15) is 47.2 Å². The minimum Gasteiger partial charge on any atom is -0.481 e. The van der Waals surface area contributed by atoms with Gasteiger partial charge in [0.25, 0.3) is 0 Å². The molecule has 3 aromatic rings. The van der Waals surface area contributed by atoms with Crippen molar-refractivity contribution in [3.8, 4) is 5.88 Å². The molecule has 3 N–H and O–H groups in total. The molecule has 1 atom stereocenters. The second-order valence-electron chi connectivity index (χ2n) is 9.48. The first-order valence-electron chi connectivity index (χ1n) is 12.5. The first kappa shape index (κ1) is 26.7. The molecule has 0 bridgehead atoms. The van der Waals surface area contributed by atoms with Crippen molar-refractivity contribution in [2.75, 3.05) is 20.8 Å². The summed E-state index contributed by atoms with van der Waals surface area (Å²) >= 11 is 0. The molecule has 0 saturated heterocycles. The summed E-state index contributed by atoms with van der Waals surface area (Å²) in [5.74, 6) is -0.431. The molecule has 1 aliphatic rings. The Morgan fingerprint density at radius 2 is 1.95 bits per heavy atom.